The number of rotatable bonds is 5. The summed E-state index contributed by atoms with van der Waals surface area (Å²) in [5.41, 5.74) is 0.754. The predicted octanol–water partition coefficient (Wildman–Crippen LogP) is 2.81. The Morgan fingerprint density at radius 1 is 1.48 bits per heavy atom. The number of nitrogens with zero attached hydrogens (tertiary/aromatic N) is 1. The van der Waals surface area contributed by atoms with E-state index in [-0.39, 0.29) is 17.3 Å². The number of anilines is 1. The van der Waals surface area contributed by atoms with Crippen LogP contribution >= 0.6 is 11.8 Å². The number of hydrazine groups is 1. The average Bonchev–Trinajstić information content (AvgIpc) is 2.44. The first-order valence-corrected chi connectivity index (χ1v) is 7.55. The monoisotopic (exact) mass is 321 g/mol. The van der Waals surface area contributed by atoms with Gasteiger partial charge in [0, 0.05) is 24.4 Å². The summed E-state index contributed by atoms with van der Waals surface area (Å²) in [4.78, 5) is 13.7. The van der Waals surface area contributed by atoms with Gasteiger partial charge in [0.05, 0.1) is 11.3 Å². The molecule has 0 aliphatic carbocycles. The summed E-state index contributed by atoms with van der Waals surface area (Å²) < 4.78 is 38.8. The van der Waals surface area contributed by atoms with E-state index in [1.807, 2.05) is 18.6 Å². The van der Waals surface area contributed by atoms with Gasteiger partial charge < -0.3 is 10.3 Å². The molecule has 4 nitrogen and oxygen atoms in total. The first-order chi connectivity index (χ1) is 9.72. The molecule has 0 aromatic heterocycles. The van der Waals surface area contributed by atoms with E-state index >= 15 is 0 Å². The first-order valence-electron chi connectivity index (χ1n) is 6.16. The number of carbonyl (C=O) groups excluding carboxylic acids is 1. The van der Waals surface area contributed by atoms with E-state index in [0.29, 0.717) is 5.75 Å². The van der Waals surface area contributed by atoms with Gasteiger partial charge in [-0.05, 0) is 31.4 Å². The number of nitrogens with two attached hydrogens (primary N) is 1. The van der Waals surface area contributed by atoms with Crippen LogP contribution in [0.1, 0.15) is 22.8 Å². The second kappa shape index (κ2) is 7.04. The molecule has 8 heteroatoms. The van der Waals surface area contributed by atoms with Crippen molar-refractivity contribution >= 4 is 23.4 Å². The Kier molecular flexibility index (Phi) is 5.91. The molecule has 0 saturated carbocycles. The molecule has 0 aliphatic rings. The van der Waals surface area contributed by atoms with E-state index in [4.69, 9.17) is 5.84 Å². The third kappa shape index (κ3) is 4.28. The molecule has 0 bridgehead atoms. The van der Waals surface area contributed by atoms with Crippen molar-refractivity contribution < 1.29 is 18.0 Å². The molecule has 1 aromatic rings. The highest BCUT2D eigenvalue weighted by atomic mass is 32.2. The Balaban J connectivity index is 3.12. The molecule has 0 spiro atoms. The zero-order valence-corrected chi connectivity index (χ0v) is 12.8. The summed E-state index contributed by atoms with van der Waals surface area (Å²) in [6, 6.07) is 3.23. The van der Waals surface area contributed by atoms with Crippen molar-refractivity contribution in [3.8, 4) is 0 Å². The fourth-order valence-corrected chi connectivity index (χ4v) is 2.50. The van der Waals surface area contributed by atoms with Gasteiger partial charge in [-0.3, -0.25) is 10.6 Å². The lowest BCUT2D eigenvalue weighted by Crippen LogP contribution is -2.36. The number of nitrogens with one attached hydrogen (secondary N) is 1. The first kappa shape index (κ1) is 17.6. The van der Waals surface area contributed by atoms with Gasteiger partial charge in [0.25, 0.3) is 5.91 Å². The van der Waals surface area contributed by atoms with Gasteiger partial charge in [-0.2, -0.15) is 24.9 Å². The largest absolute Gasteiger partial charge is 0.418 e. The van der Waals surface area contributed by atoms with Crippen molar-refractivity contribution in [2.24, 2.45) is 5.84 Å². The van der Waals surface area contributed by atoms with Gasteiger partial charge in [-0.25, -0.2) is 0 Å². The van der Waals surface area contributed by atoms with Gasteiger partial charge in [-0.1, -0.05) is 0 Å². The molecule has 21 heavy (non-hydrogen) atoms. The number of nitrogen functional groups attached to an aromatic ring is 1. The highest BCUT2D eigenvalue weighted by Crippen LogP contribution is 2.35. The second-order valence-corrected chi connectivity index (χ2v) is 5.53. The lowest BCUT2D eigenvalue weighted by atomic mass is 10.1. The SMILES string of the molecule is CSCC(C)N(C)C(=O)c1ccc(NN)c(C(F)(F)F)c1. The number of hydrogen-bond donors (Lipinski definition) is 2. The van der Waals surface area contributed by atoms with Crippen LogP contribution in [-0.4, -0.2) is 35.9 Å². The summed E-state index contributed by atoms with van der Waals surface area (Å²) >= 11 is 1.56. The van der Waals surface area contributed by atoms with Gasteiger partial charge in [-0.15, -0.1) is 0 Å². The molecule has 1 unspecified atom stereocenters. The molecule has 118 valence electrons. The van der Waals surface area contributed by atoms with Crippen LogP contribution in [0.25, 0.3) is 0 Å². The number of benzene rings is 1. The lowest BCUT2D eigenvalue weighted by molar-refractivity contribution is -0.137. The van der Waals surface area contributed by atoms with E-state index in [0.717, 1.165) is 12.1 Å². The Morgan fingerprint density at radius 2 is 2.10 bits per heavy atom. The molecule has 1 amide bonds. The number of alkyl halides is 3. The van der Waals surface area contributed by atoms with Gasteiger partial charge >= 0.3 is 6.18 Å². The summed E-state index contributed by atoms with van der Waals surface area (Å²) in [5, 5.41) is 0. The summed E-state index contributed by atoms with van der Waals surface area (Å²) in [7, 11) is 1.57. The van der Waals surface area contributed by atoms with Crippen LogP contribution in [0.3, 0.4) is 0 Å². The average molecular weight is 321 g/mol. The second-order valence-electron chi connectivity index (χ2n) is 4.62. The van der Waals surface area contributed by atoms with E-state index in [9.17, 15) is 18.0 Å². The van der Waals surface area contributed by atoms with Crippen molar-refractivity contribution in [2.45, 2.75) is 19.1 Å². The molecule has 0 radical (unpaired) electrons. The number of carbonyl (C=O) groups is 1. The maximum absolute atomic E-state index is 12.9. The number of thioether (sulfide) groups is 1. The van der Waals surface area contributed by atoms with Crippen LogP contribution in [0.2, 0.25) is 0 Å². The van der Waals surface area contributed by atoms with Gasteiger partial charge in [0.1, 0.15) is 0 Å². The Hall–Kier alpha value is -1.41. The minimum atomic E-state index is -4.58. The maximum Gasteiger partial charge on any atom is 0.418 e. The van der Waals surface area contributed by atoms with Crippen molar-refractivity contribution in [3.05, 3.63) is 29.3 Å². The Labute approximate surface area is 125 Å². The zero-order chi connectivity index (χ0) is 16.2. The quantitative estimate of drug-likeness (QED) is 0.647. The highest BCUT2D eigenvalue weighted by molar-refractivity contribution is 7.98. The van der Waals surface area contributed by atoms with E-state index < -0.39 is 17.6 Å². The van der Waals surface area contributed by atoms with Crippen LogP contribution in [0.15, 0.2) is 18.2 Å². The number of hydrogen-bond acceptors (Lipinski definition) is 4. The molecular weight excluding hydrogens is 303 g/mol. The maximum atomic E-state index is 12.9. The normalized spacial score (nSPS) is 12.9. The molecular formula is C13H18F3N3OS. The van der Waals surface area contributed by atoms with Crippen LogP contribution in [0.5, 0.6) is 0 Å². The molecule has 1 aromatic carbocycles. The predicted molar refractivity (Wildman–Crippen MR) is 79.2 cm³/mol. The molecule has 0 heterocycles. The Bertz CT molecular complexity index is 508. The molecule has 1 atom stereocenters. The van der Waals surface area contributed by atoms with Crippen LogP contribution in [0, 0.1) is 0 Å². The fraction of sp³-hybridized carbons (Fsp3) is 0.462. The van der Waals surface area contributed by atoms with Crippen molar-refractivity contribution in [3.63, 3.8) is 0 Å². The lowest BCUT2D eigenvalue weighted by Gasteiger charge is -2.25. The standard InChI is InChI=1S/C13H18F3N3OS/c1-8(7-21-3)19(2)12(20)9-4-5-11(18-17)10(6-9)13(14,15)16/h4-6,8,18H,7,17H2,1-3H3. The number of amides is 1. The topological polar surface area (TPSA) is 58.4 Å². The molecule has 1 rings (SSSR count). The highest BCUT2D eigenvalue weighted by Gasteiger charge is 2.34. The summed E-state index contributed by atoms with van der Waals surface area (Å²) in [5.74, 6) is 5.33. The molecule has 0 saturated heterocycles. The smallest absolute Gasteiger partial charge is 0.338 e. The van der Waals surface area contributed by atoms with Gasteiger partial charge in [0.2, 0.25) is 0 Å². The Morgan fingerprint density at radius 3 is 2.57 bits per heavy atom. The van der Waals surface area contributed by atoms with Crippen LogP contribution < -0.4 is 11.3 Å². The van der Waals surface area contributed by atoms with Crippen molar-refractivity contribution in [1.82, 2.24) is 4.90 Å². The molecule has 0 aliphatic heterocycles. The fourth-order valence-electron chi connectivity index (χ4n) is 1.79. The van der Waals surface area contributed by atoms with E-state index in [1.165, 1.54) is 11.0 Å². The van der Waals surface area contributed by atoms with E-state index in [1.54, 1.807) is 18.8 Å². The minimum absolute atomic E-state index is 0.0169. The van der Waals surface area contributed by atoms with Crippen LogP contribution in [0.4, 0.5) is 18.9 Å². The molecule has 0 fully saturated rings. The summed E-state index contributed by atoms with van der Waals surface area (Å²) in [6.07, 6.45) is -2.68. The van der Waals surface area contributed by atoms with Crippen molar-refractivity contribution in [2.75, 3.05) is 24.5 Å². The molecule has 3 N–H and O–H groups in total. The van der Waals surface area contributed by atoms with Gasteiger partial charge in [0.15, 0.2) is 0 Å². The zero-order valence-electron chi connectivity index (χ0n) is 12.0. The minimum Gasteiger partial charge on any atom is -0.338 e. The summed E-state index contributed by atoms with van der Waals surface area (Å²) in [6.45, 7) is 1.84. The van der Waals surface area contributed by atoms with Crippen molar-refractivity contribution in [1.29, 1.82) is 0 Å². The van der Waals surface area contributed by atoms with E-state index in [2.05, 4.69) is 0 Å². The number of halogens is 3. The third-order valence-corrected chi connectivity index (χ3v) is 3.93. The van der Waals surface area contributed by atoms with Crippen LogP contribution in [-0.2, 0) is 6.18 Å². The third-order valence-electron chi connectivity index (χ3n) is 3.12.